The summed E-state index contributed by atoms with van der Waals surface area (Å²) in [5, 5.41) is 9.57. The van der Waals surface area contributed by atoms with Crippen LogP contribution in [0.2, 0.25) is 0 Å². The number of nitrogens with one attached hydrogen (secondary N) is 2. The summed E-state index contributed by atoms with van der Waals surface area (Å²) in [6, 6.07) is -0.469. The number of amides is 1. The predicted molar refractivity (Wildman–Crippen MR) is 66.5 cm³/mol. The number of aromatic nitrogens is 1. The lowest BCUT2D eigenvalue weighted by Gasteiger charge is -2.19. The van der Waals surface area contributed by atoms with E-state index in [0.29, 0.717) is 11.4 Å². The molecule has 2 heterocycles. The molecule has 2 rings (SSSR count). The van der Waals surface area contributed by atoms with Crippen LogP contribution < -0.4 is 10.6 Å². The lowest BCUT2D eigenvalue weighted by Crippen LogP contribution is -2.49. The van der Waals surface area contributed by atoms with Crippen molar-refractivity contribution in [2.45, 2.75) is 26.4 Å². The summed E-state index contributed by atoms with van der Waals surface area (Å²) in [5.74, 6) is 0.622. The molecule has 1 aromatic rings. The van der Waals surface area contributed by atoms with Crippen LogP contribution in [0.3, 0.4) is 0 Å². The maximum Gasteiger partial charge on any atom is 0.246 e. The topological polar surface area (TPSA) is 67.2 Å². The summed E-state index contributed by atoms with van der Waals surface area (Å²) >= 11 is 5.12. The second-order valence-corrected chi connectivity index (χ2v) is 4.33. The number of carbonyl (C=O) groups is 1. The molecule has 2 N–H and O–H groups in total. The summed E-state index contributed by atoms with van der Waals surface area (Å²) in [6.07, 6.45) is 3.26. The van der Waals surface area contributed by atoms with Gasteiger partial charge in [0.2, 0.25) is 5.91 Å². The van der Waals surface area contributed by atoms with Crippen molar-refractivity contribution in [3.8, 4) is 0 Å². The molecule has 1 aliphatic heterocycles. The second-order valence-electron chi connectivity index (χ2n) is 3.86. The zero-order chi connectivity index (χ0) is 12.4. The van der Waals surface area contributed by atoms with Gasteiger partial charge in [0.15, 0.2) is 0 Å². The van der Waals surface area contributed by atoms with Crippen LogP contribution in [-0.4, -0.2) is 22.0 Å². The van der Waals surface area contributed by atoms with Crippen LogP contribution in [0.5, 0.6) is 0 Å². The number of thiocarbonyl (C=S) groups is 1. The number of hydrogen-bond donors (Lipinski definition) is 2. The van der Waals surface area contributed by atoms with E-state index < -0.39 is 6.04 Å². The van der Waals surface area contributed by atoms with Crippen molar-refractivity contribution >= 4 is 23.0 Å². The van der Waals surface area contributed by atoms with E-state index in [9.17, 15) is 4.79 Å². The van der Waals surface area contributed by atoms with Crippen molar-refractivity contribution in [2.75, 3.05) is 0 Å². The Bertz CT molecular complexity index is 473. The van der Waals surface area contributed by atoms with E-state index in [-0.39, 0.29) is 5.91 Å². The van der Waals surface area contributed by atoms with Gasteiger partial charge in [-0.2, -0.15) is 0 Å². The van der Waals surface area contributed by atoms with Crippen LogP contribution in [-0.2, 0) is 11.3 Å². The molecule has 1 unspecified atom stereocenters. The third-order valence-electron chi connectivity index (χ3n) is 2.68. The fourth-order valence-corrected chi connectivity index (χ4v) is 1.92. The van der Waals surface area contributed by atoms with Crippen LogP contribution in [0.1, 0.15) is 17.0 Å². The average Bonchev–Trinajstić information content (AvgIpc) is 2.59. The summed E-state index contributed by atoms with van der Waals surface area (Å²) < 4.78 is 5.05. The van der Waals surface area contributed by atoms with Crippen molar-refractivity contribution < 1.29 is 9.32 Å². The molecule has 6 heteroatoms. The maximum atomic E-state index is 11.6. The van der Waals surface area contributed by atoms with Crippen LogP contribution in [0.25, 0.3) is 0 Å². The molecule has 1 amide bonds. The van der Waals surface area contributed by atoms with Crippen LogP contribution in [0, 0.1) is 13.8 Å². The van der Waals surface area contributed by atoms with Gasteiger partial charge in [-0.25, -0.2) is 0 Å². The molecule has 90 valence electrons. The average molecular weight is 251 g/mol. The molecule has 17 heavy (non-hydrogen) atoms. The van der Waals surface area contributed by atoms with E-state index in [4.69, 9.17) is 16.7 Å². The first-order chi connectivity index (χ1) is 8.09. The van der Waals surface area contributed by atoms with Crippen molar-refractivity contribution in [3.05, 3.63) is 29.3 Å². The molecule has 1 aliphatic rings. The number of rotatable bonds is 3. The minimum atomic E-state index is -0.469. The molecule has 0 fully saturated rings. The molecule has 1 atom stereocenters. The Labute approximate surface area is 104 Å². The highest BCUT2D eigenvalue weighted by molar-refractivity contribution is 7.81. The first kappa shape index (κ1) is 11.9. The summed E-state index contributed by atoms with van der Waals surface area (Å²) in [4.78, 5) is 12.2. The van der Waals surface area contributed by atoms with Gasteiger partial charge in [-0.05, 0) is 19.9 Å². The smallest absolute Gasteiger partial charge is 0.246 e. The SMILES string of the molecule is Cc1noc(C)c1CNC1C(=O)NC=CC1=S. The molecule has 1 aromatic heterocycles. The highest BCUT2D eigenvalue weighted by Crippen LogP contribution is 2.12. The molecular weight excluding hydrogens is 238 g/mol. The molecule has 0 saturated carbocycles. The lowest BCUT2D eigenvalue weighted by atomic mass is 10.1. The summed E-state index contributed by atoms with van der Waals surface area (Å²) in [6.45, 7) is 4.22. The molecular formula is C11H13N3O2S. The number of hydrogen-bond acceptors (Lipinski definition) is 5. The third-order valence-corrected chi connectivity index (χ3v) is 3.06. The van der Waals surface area contributed by atoms with Crippen molar-refractivity contribution in [3.63, 3.8) is 0 Å². The molecule has 0 bridgehead atoms. The van der Waals surface area contributed by atoms with E-state index in [0.717, 1.165) is 17.0 Å². The van der Waals surface area contributed by atoms with Crippen LogP contribution in [0.4, 0.5) is 0 Å². The van der Waals surface area contributed by atoms with Crippen molar-refractivity contribution in [1.82, 2.24) is 15.8 Å². The highest BCUT2D eigenvalue weighted by Gasteiger charge is 2.24. The Morgan fingerprint density at radius 1 is 1.59 bits per heavy atom. The molecule has 0 saturated heterocycles. The van der Waals surface area contributed by atoms with Crippen molar-refractivity contribution in [2.24, 2.45) is 0 Å². The van der Waals surface area contributed by atoms with Gasteiger partial charge >= 0.3 is 0 Å². The van der Waals surface area contributed by atoms with Gasteiger partial charge in [-0.15, -0.1) is 0 Å². The van der Waals surface area contributed by atoms with E-state index in [1.165, 1.54) is 0 Å². The van der Waals surface area contributed by atoms with E-state index >= 15 is 0 Å². The molecule has 0 radical (unpaired) electrons. The van der Waals surface area contributed by atoms with Crippen molar-refractivity contribution in [1.29, 1.82) is 0 Å². The summed E-state index contributed by atoms with van der Waals surface area (Å²) in [7, 11) is 0. The van der Waals surface area contributed by atoms with Gasteiger partial charge in [0.1, 0.15) is 11.8 Å². The van der Waals surface area contributed by atoms with E-state index in [1.807, 2.05) is 13.8 Å². The molecule has 5 nitrogen and oxygen atoms in total. The first-order valence-corrected chi connectivity index (χ1v) is 5.66. The second kappa shape index (κ2) is 4.77. The fourth-order valence-electron chi connectivity index (χ4n) is 1.67. The Kier molecular flexibility index (Phi) is 3.35. The quantitative estimate of drug-likeness (QED) is 0.776. The zero-order valence-corrected chi connectivity index (χ0v) is 10.4. The maximum absolute atomic E-state index is 11.6. The van der Waals surface area contributed by atoms with Gasteiger partial charge in [0.05, 0.1) is 5.69 Å². The van der Waals surface area contributed by atoms with Gasteiger partial charge in [-0.1, -0.05) is 17.4 Å². The first-order valence-electron chi connectivity index (χ1n) is 5.25. The Morgan fingerprint density at radius 2 is 2.35 bits per heavy atom. The molecule has 0 aromatic carbocycles. The minimum Gasteiger partial charge on any atom is -0.361 e. The molecule has 0 aliphatic carbocycles. The van der Waals surface area contributed by atoms with Gasteiger partial charge in [0.25, 0.3) is 0 Å². The third kappa shape index (κ3) is 2.42. The standard InChI is InChI=1S/C11H13N3O2S/c1-6-8(7(2)16-14-6)5-13-10-9(17)3-4-12-11(10)15/h3-4,10,13H,5H2,1-2H3,(H,12,15). The minimum absolute atomic E-state index is 0.135. The Morgan fingerprint density at radius 3 is 2.94 bits per heavy atom. The molecule has 0 spiro atoms. The van der Waals surface area contributed by atoms with Crippen LogP contribution in [0.15, 0.2) is 16.8 Å². The highest BCUT2D eigenvalue weighted by atomic mass is 32.1. The Balaban J connectivity index is 2.05. The zero-order valence-electron chi connectivity index (χ0n) is 9.61. The van der Waals surface area contributed by atoms with Gasteiger partial charge in [0, 0.05) is 23.2 Å². The normalized spacial score (nSPS) is 19.5. The van der Waals surface area contributed by atoms with E-state index in [2.05, 4.69) is 15.8 Å². The fraction of sp³-hybridized carbons (Fsp3) is 0.364. The Hall–Kier alpha value is -1.53. The summed E-state index contributed by atoms with van der Waals surface area (Å²) in [5.41, 5.74) is 1.79. The largest absolute Gasteiger partial charge is 0.361 e. The van der Waals surface area contributed by atoms with Crippen LogP contribution >= 0.6 is 12.2 Å². The number of carbonyl (C=O) groups excluding carboxylic acids is 1. The predicted octanol–water partition coefficient (Wildman–Crippen LogP) is 0.763. The van der Waals surface area contributed by atoms with Gasteiger partial charge < -0.3 is 9.84 Å². The lowest BCUT2D eigenvalue weighted by molar-refractivity contribution is -0.120. The monoisotopic (exact) mass is 251 g/mol. The number of aryl methyl sites for hydroxylation is 2. The number of nitrogens with zero attached hydrogens (tertiary/aromatic N) is 1. The van der Waals surface area contributed by atoms with Gasteiger partial charge in [-0.3, -0.25) is 10.1 Å². The van der Waals surface area contributed by atoms with E-state index in [1.54, 1.807) is 12.3 Å².